The minimum absolute atomic E-state index is 0.0176. The molecule has 1 N–H and O–H groups in total. The molecule has 188 valence electrons. The predicted molar refractivity (Wildman–Crippen MR) is 144 cm³/mol. The lowest BCUT2D eigenvalue weighted by molar-refractivity contribution is -0.123. The van der Waals surface area contributed by atoms with Crippen LogP contribution in [-0.4, -0.2) is 69.2 Å². The summed E-state index contributed by atoms with van der Waals surface area (Å²) >= 11 is 0. The van der Waals surface area contributed by atoms with Gasteiger partial charge in [-0.05, 0) is 41.0 Å². The van der Waals surface area contributed by atoms with Crippen molar-refractivity contribution in [1.82, 2.24) is 15.1 Å². The standard InChI is InChI=1S/C30H35N3O3/c1-35-27-14-10-25(11-15-27)30(26-12-16-28(36-2)17-13-26)31-29(34)23-33-21-19-32(20-22-33)18-6-9-24-7-4-3-5-8-24/h3-17,30H,18-23H2,1-2H3,(H,31,34)/b9-6+. The first kappa shape index (κ1) is 25.5. The Hall–Kier alpha value is -3.61. The largest absolute Gasteiger partial charge is 0.497 e. The number of rotatable bonds is 10. The summed E-state index contributed by atoms with van der Waals surface area (Å²) in [5.41, 5.74) is 3.23. The quantitative estimate of drug-likeness (QED) is 0.466. The molecule has 0 aliphatic carbocycles. The number of piperazine rings is 1. The highest BCUT2D eigenvalue weighted by Crippen LogP contribution is 2.26. The van der Waals surface area contributed by atoms with Crippen molar-refractivity contribution in [1.29, 1.82) is 0 Å². The summed E-state index contributed by atoms with van der Waals surface area (Å²) in [6, 6.07) is 25.8. The van der Waals surface area contributed by atoms with Gasteiger partial charge >= 0.3 is 0 Å². The van der Waals surface area contributed by atoms with Crippen LogP contribution in [0.25, 0.3) is 6.08 Å². The van der Waals surface area contributed by atoms with Gasteiger partial charge in [-0.1, -0.05) is 66.7 Å². The topological polar surface area (TPSA) is 54.0 Å². The monoisotopic (exact) mass is 485 g/mol. The Kier molecular flexibility index (Phi) is 9.14. The van der Waals surface area contributed by atoms with Gasteiger partial charge in [-0.25, -0.2) is 0 Å². The summed E-state index contributed by atoms with van der Waals surface area (Å²) < 4.78 is 10.6. The highest BCUT2D eigenvalue weighted by molar-refractivity contribution is 5.79. The molecule has 0 spiro atoms. The second-order valence-electron chi connectivity index (χ2n) is 8.94. The van der Waals surface area contributed by atoms with Crippen molar-refractivity contribution < 1.29 is 14.3 Å². The second-order valence-corrected chi connectivity index (χ2v) is 8.94. The summed E-state index contributed by atoms with van der Waals surface area (Å²) in [6.45, 7) is 4.96. The van der Waals surface area contributed by atoms with Gasteiger partial charge in [0.15, 0.2) is 0 Å². The molecule has 1 aliphatic heterocycles. The maximum atomic E-state index is 13.1. The van der Waals surface area contributed by atoms with E-state index in [4.69, 9.17) is 9.47 Å². The number of carbonyl (C=O) groups is 1. The fourth-order valence-electron chi connectivity index (χ4n) is 4.39. The molecule has 3 aromatic carbocycles. The molecule has 0 saturated carbocycles. The molecule has 0 aromatic heterocycles. The van der Waals surface area contributed by atoms with E-state index in [-0.39, 0.29) is 11.9 Å². The van der Waals surface area contributed by atoms with E-state index < -0.39 is 0 Å². The molecular formula is C30H35N3O3. The molecule has 3 aromatic rings. The van der Waals surface area contributed by atoms with E-state index in [2.05, 4.69) is 51.5 Å². The molecule has 1 heterocycles. The van der Waals surface area contributed by atoms with Gasteiger partial charge in [-0.3, -0.25) is 14.6 Å². The molecule has 1 amide bonds. The molecule has 0 unspecified atom stereocenters. The first-order valence-electron chi connectivity index (χ1n) is 12.4. The molecule has 4 rings (SSSR count). The van der Waals surface area contributed by atoms with E-state index in [1.807, 2.05) is 54.6 Å². The molecule has 0 radical (unpaired) electrons. The van der Waals surface area contributed by atoms with Gasteiger partial charge in [0.1, 0.15) is 11.5 Å². The Morgan fingerprint density at radius 2 is 1.33 bits per heavy atom. The molecule has 36 heavy (non-hydrogen) atoms. The lowest BCUT2D eigenvalue weighted by Crippen LogP contribution is -2.49. The minimum atomic E-state index is -0.251. The normalized spacial score (nSPS) is 14.8. The van der Waals surface area contributed by atoms with Crippen molar-refractivity contribution in [3.05, 3.63) is 102 Å². The number of hydrogen-bond donors (Lipinski definition) is 1. The molecular weight excluding hydrogens is 450 g/mol. The number of methoxy groups -OCH3 is 2. The summed E-state index contributed by atoms with van der Waals surface area (Å²) in [4.78, 5) is 17.7. The third kappa shape index (κ3) is 7.20. The number of carbonyl (C=O) groups excluding carboxylic acids is 1. The van der Waals surface area contributed by atoms with Crippen molar-refractivity contribution in [2.45, 2.75) is 6.04 Å². The van der Waals surface area contributed by atoms with Gasteiger partial charge < -0.3 is 14.8 Å². The molecule has 6 nitrogen and oxygen atoms in total. The number of nitrogens with one attached hydrogen (secondary N) is 1. The van der Waals surface area contributed by atoms with Crippen molar-refractivity contribution in [3.63, 3.8) is 0 Å². The van der Waals surface area contributed by atoms with Crippen molar-refractivity contribution in [2.75, 3.05) is 53.5 Å². The number of nitrogens with zero attached hydrogens (tertiary/aromatic N) is 2. The van der Waals surface area contributed by atoms with Crippen molar-refractivity contribution in [2.24, 2.45) is 0 Å². The first-order chi connectivity index (χ1) is 17.6. The molecule has 1 aliphatic rings. The fourth-order valence-corrected chi connectivity index (χ4v) is 4.39. The Labute approximate surface area is 214 Å². The fraction of sp³-hybridized carbons (Fsp3) is 0.300. The third-order valence-electron chi connectivity index (χ3n) is 6.51. The number of hydrogen-bond acceptors (Lipinski definition) is 5. The number of ether oxygens (including phenoxy) is 2. The Morgan fingerprint density at radius 1 is 0.806 bits per heavy atom. The minimum Gasteiger partial charge on any atom is -0.497 e. The van der Waals surface area contributed by atoms with Crippen LogP contribution in [0.3, 0.4) is 0 Å². The Morgan fingerprint density at radius 3 is 1.86 bits per heavy atom. The van der Waals surface area contributed by atoms with Gasteiger partial charge in [0.05, 0.1) is 26.8 Å². The smallest absolute Gasteiger partial charge is 0.234 e. The van der Waals surface area contributed by atoms with Crippen LogP contribution in [0.1, 0.15) is 22.7 Å². The van der Waals surface area contributed by atoms with Gasteiger partial charge in [0.2, 0.25) is 5.91 Å². The summed E-state index contributed by atoms with van der Waals surface area (Å²) in [5.74, 6) is 1.59. The zero-order valence-electron chi connectivity index (χ0n) is 21.1. The van der Waals surface area contributed by atoms with Crippen LogP contribution < -0.4 is 14.8 Å². The maximum Gasteiger partial charge on any atom is 0.234 e. The van der Waals surface area contributed by atoms with Crippen LogP contribution in [0.2, 0.25) is 0 Å². The average Bonchev–Trinajstić information content (AvgIpc) is 2.93. The molecule has 1 fully saturated rings. The van der Waals surface area contributed by atoms with Crippen LogP contribution in [0.15, 0.2) is 84.9 Å². The van der Waals surface area contributed by atoms with Crippen LogP contribution in [-0.2, 0) is 4.79 Å². The molecule has 6 heteroatoms. The van der Waals surface area contributed by atoms with Crippen molar-refractivity contribution in [3.8, 4) is 11.5 Å². The maximum absolute atomic E-state index is 13.1. The Balaban J connectivity index is 1.32. The van der Waals surface area contributed by atoms with Crippen LogP contribution in [0.5, 0.6) is 11.5 Å². The van der Waals surface area contributed by atoms with E-state index in [1.54, 1.807) is 14.2 Å². The van der Waals surface area contributed by atoms with E-state index in [1.165, 1.54) is 5.56 Å². The van der Waals surface area contributed by atoms with Gasteiger partial charge in [-0.2, -0.15) is 0 Å². The highest BCUT2D eigenvalue weighted by Gasteiger charge is 2.21. The van der Waals surface area contributed by atoms with Gasteiger partial charge in [0.25, 0.3) is 0 Å². The summed E-state index contributed by atoms with van der Waals surface area (Å²) in [5, 5.41) is 3.25. The zero-order chi connectivity index (χ0) is 25.2. The lowest BCUT2D eigenvalue weighted by atomic mass is 9.98. The first-order valence-corrected chi connectivity index (χ1v) is 12.4. The number of amides is 1. The van der Waals surface area contributed by atoms with E-state index in [0.717, 1.165) is 55.3 Å². The Bertz CT molecular complexity index is 1060. The van der Waals surface area contributed by atoms with Gasteiger partial charge in [0, 0.05) is 32.7 Å². The zero-order valence-corrected chi connectivity index (χ0v) is 21.1. The molecule has 0 atom stereocenters. The lowest BCUT2D eigenvalue weighted by Gasteiger charge is -2.34. The second kappa shape index (κ2) is 12.9. The van der Waals surface area contributed by atoms with Crippen LogP contribution in [0, 0.1) is 0 Å². The van der Waals surface area contributed by atoms with Crippen LogP contribution >= 0.6 is 0 Å². The van der Waals surface area contributed by atoms with E-state index in [0.29, 0.717) is 6.54 Å². The SMILES string of the molecule is COc1ccc(C(NC(=O)CN2CCN(C/C=C/c3ccccc3)CC2)c2ccc(OC)cc2)cc1. The van der Waals surface area contributed by atoms with E-state index >= 15 is 0 Å². The number of benzene rings is 3. The highest BCUT2D eigenvalue weighted by atomic mass is 16.5. The summed E-state index contributed by atoms with van der Waals surface area (Å²) in [7, 11) is 3.30. The van der Waals surface area contributed by atoms with Crippen LogP contribution in [0.4, 0.5) is 0 Å². The molecule has 1 saturated heterocycles. The third-order valence-corrected chi connectivity index (χ3v) is 6.51. The predicted octanol–water partition coefficient (Wildman–Crippen LogP) is 4.24. The molecule has 0 bridgehead atoms. The summed E-state index contributed by atoms with van der Waals surface area (Å²) in [6.07, 6.45) is 4.38. The average molecular weight is 486 g/mol. The van der Waals surface area contributed by atoms with Crippen molar-refractivity contribution >= 4 is 12.0 Å². The van der Waals surface area contributed by atoms with E-state index in [9.17, 15) is 4.79 Å². The van der Waals surface area contributed by atoms with Gasteiger partial charge in [-0.15, -0.1) is 0 Å².